The topological polar surface area (TPSA) is 40.5 Å². The second kappa shape index (κ2) is 4.74. The monoisotopic (exact) mass is 281 g/mol. The molecule has 2 atom stereocenters. The fraction of sp³-hybridized carbons (Fsp3) is 0.800. The average molecular weight is 281 g/mol. The van der Waals surface area contributed by atoms with Gasteiger partial charge in [-0.15, -0.1) is 0 Å². The van der Waals surface area contributed by atoms with Gasteiger partial charge in [0.1, 0.15) is 0 Å². The molecule has 2 rings (SSSR count). The van der Waals surface area contributed by atoms with Crippen LogP contribution in [0.3, 0.4) is 0 Å². The van der Waals surface area contributed by atoms with Crippen molar-refractivity contribution < 1.29 is 9.90 Å². The summed E-state index contributed by atoms with van der Waals surface area (Å²) in [6.07, 6.45) is 2.17. The van der Waals surface area contributed by atoms with Crippen LogP contribution < -0.4 is 0 Å². The first-order chi connectivity index (χ1) is 8.63. The number of nitrogens with zero attached hydrogens (tertiary/aromatic N) is 1. The Bertz CT molecular complexity index is 409. The number of aliphatic hydroxyl groups excluding tert-OH is 1. The van der Waals surface area contributed by atoms with E-state index in [0.29, 0.717) is 6.42 Å². The molecule has 108 valence electrons. The molecule has 1 amide bonds. The minimum Gasteiger partial charge on any atom is -0.391 e. The van der Waals surface area contributed by atoms with Crippen LogP contribution in [-0.4, -0.2) is 42.7 Å². The number of piperidine rings is 1. The smallest absolute Gasteiger partial charge is 0.249 e. The van der Waals surface area contributed by atoms with E-state index in [1.54, 1.807) is 0 Å². The van der Waals surface area contributed by atoms with Gasteiger partial charge < -0.3 is 10.0 Å². The number of amides is 1. The van der Waals surface area contributed by atoms with Crippen molar-refractivity contribution in [2.45, 2.75) is 70.3 Å². The molecular weight excluding hydrogens is 254 g/mol. The van der Waals surface area contributed by atoms with Crippen molar-refractivity contribution in [3.05, 3.63) is 11.3 Å². The quantitative estimate of drug-likeness (QED) is 0.593. The van der Waals surface area contributed by atoms with E-state index in [9.17, 15) is 9.90 Å². The standard InChI is InChI=1S/C15H27NO2Si/c1-15(2,3)19(4,5)10-11-9-13(17)12-7-6-8-16(12)14(11)18/h10,12-13,17H,6-9H2,1-5H3/b11-10-/t12-,13-/m0/s1. The number of aliphatic hydroxyl groups is 1. The van der Waals surface area contributed by atoms with Crippen LogP contribution in [0.4, 0.5) is 0 Å². The molecule has 3 nitrogen and oxygen atoms in total. The number of hydrogen-bond acceptors (Lipinski definition) is 2. The summed E-state index contributed by atoms with van der Waals surface area (Å²) in [5.41, 5.74) is 3.09. The largest absolute Gasteiger partial charge is 0.391 e. The van der Waals surface area contributed by atoms with Crippen LogP contribution in [0.1, 0.15) is 40.0 Å². The highest BCUT2D eigenvalue weighted by Gasteiger charge is 2.42. The maximum Gasteiger partial charge on any atom is 0.249 e. The number of carbonyl (C=O) groups excluding carboxylic acids is 1. The Kier molecular flexibility index (Phi) is 3.69. The first-order valence-corrected chi connectivity index (χ1v) is 10.4. The average Bonchev–Trinajstić information content (AvgIpc) is 2.72. The lowest BCUT2D eigenvalue weighted by molar-refractivity contribution is -0.133. The molecule has 0 radical (unpaired) electrons. The van der Waals surface area contributed by atoms with Crippen LogP contribution in [-0.2, 0) is 4.79 Å². The van der Waals surface area contributed by atoms with Gasteiger partial charge in [0, 0.05) is 18.5 Å². The van der Waals surface area contributed by atoms with E-state index in [2.05, 4.69) is 39.6 Å². The van der Waals surface area contributed by atoms with Gasteiger partial charge in [-0.2, -0.15) is 0 Å². The molecular formula is C15H27NO2Si. The van der Waals surface area contributed by atoms with Crippen molar-refractivity contribution in [1.29, 1.82) is 0 Å². The van der Waals surface area contributed by atoms with Gasteiger partial charge in [-0.3, -0.25) is 4.79 Å². The van der Waals surface area contributed by atoms with E-state index in [0.717, 1.165) is 25.0 Å². The van der Waals surface area contributed by atoms with Gasteiger partial charge in [-0.25, -0.2) is 0 Å². The Morgan fingerprint density at radius 3 is 2.58 bits per heavy atom. The maximum absolute atomic E-state index is 12.5. The predicted molar refractivity (Wildman–Crippen MR) is 80.6 cm³/mol. The summed E-state index contributed by atoms with van der Waals surface area (Å²) in [5.74, 6) is 0.178. The highest BCUT2D eigenvalue weighted by atomic mass is 28.3. The molecule has 2 saturated heterocycles. The minimum absolute atomic E-state index is 0.0732. The zero-order valence-corrected chi connectivity index (χ0v) is 13.9. The number of carbonyl (C=O) groups is 1. The van der Waals surface area contributed by atoms with Crippen LogP contribution in [0.15, 0.2) is 11.3 Å². The van der Waals surface area contributed by atoms with Gasteiger partial charge in [0.15, 0.2) is 0 Å². The zero-order chi connectivity index (χ0) is 14.4. The third-order valence-electron chi connectivity index (χ3n) is 5.18. The Morgan fingerprint density at radius 1 is 1.37 bits per heavy atom. The third kappa shape index (κ3) is 2.65. The van der Waals surface area contributed by atoms with Crippen LogP contribution in [0.2, 0.25) is 18.1 Å². The SMILES string of the molecule is CC(C)(C)[Si](C)(C)/C=C1/C[C@H](O)[C@@H]2CCCN2C1=O. The lowest BCUT2D eigenvalue weighted by atomic mass is 9.96. The molecule has 0 aromatic carbocycles. The predicted octanol–water partition coefficient (Wildman–Crippen LogP) is 2.72. The van der Waals surface area contributed by atoms with Crippen LogP contribution in [0.5, 0.6) is 0 Å². The van der Waals surface area contributed by atoms with Gasteiger partial charge in [-0.1, -0.05) is 39.6 Å². The molecule has 2 fully saturated rings. The number of hydrogen-bond donors (Lipinski definition) is 1. The summed E-state index contributed by atoms with van der Waals surface area (Å²) in [5, 5.41) is 10.5. The van der Waals surface area contributed by atoms with Crippen LogP contribution >= 0.6 is 0 Å². The third-order valence-corrected chi connectivity index (χ3v) is 10.1. The summed E-state index contributed by atoms with van der Waals surface area (Å²) < 4.78 is 0. The summed E-state index contributed by atoms with van der Waals surface area (Å²) in [4.78, 5) is 14.4. The zero-order valence-electron chi connectivity index (χ0n) is 12.9. The normalized spacial score (nSPS) is 30.9. The summed E-state index contributed by atoms with van der Waals surface area (Å²) in [7, 11) is -1.63. The minimum atomic E-state index is -1.63. The molecule has 0 aromatic heterocycles. The molecule has 2 aliphatic rings. The molecule has 0 aliphatic carbocycles. The van der Waals surface area contributed by atoms with Crippen molar-refractivity contribution in [1.82, 2.24) is 4.90 Å². The number of fused-ring (bicyclic) bond motifs is 1. The lowest BCUT2D eigenvalue weighted by Crippen LogP contribution is -2.49. The van der Waals surface area contributed by atoms with Crippen LogP contribution in [0.25, 0.3) is 0 Å². The molecule has 0 spiro atoms. The molecule has 0 unspecified atom stereocenters. The summed E-state index contributed by atoms with van der Waals surface area (Å²) in [6, 6.07) is 0.0732. The highest BCUT2D eigenvalue weighted by molar-refractivity contribution is 6.85. The second-order valence-electron chi connectivity index (χ2n) is 7.62. The van der Waals surface area contributed by atoms with E-state index in [1.807, 2.05) is 4.90 Å². The molecule has 0 saturated carbocycles. The molecule has 4 heteroatoms. The lowest BCUT2D eigenvalue weighted by Gasteiger charge is -2.39. The summed E-state index contributed by atoms with van der Waals surface area (Å²) in [6.45, 7) is 12.2. The van der Waals surface area contributed by atoms with Crippen molar-refractivity contribution in [2.24, 2.45) is 0 Å². The Hall–Kier alpha value is -0.613. The van der Waals surface area contributed by atoms with E-state index < -0.39 is 8.07 Å². The second-order valence-corrected chi connectivity index (χ2v) is 12.9. The number of rotatable bonds is 1. The molecule has 2 aliphatic heterocycles. The van der Waals surface area contributed by atoms with Crippen molar-refractivity contribution in [2.75, 3.05) is 6.54 Å². The molecule has 0 bridgehead atoms. The Labute approximate surface area is 117 Å². The van der Waals surface area contributed by atoms with Gasteiger partial charge in [0.2, 0.25) is 5.91 Å². The van der Waals surface area contributed by atoms with Gasteiger partial charge in [0.25, 0.3) is 0 Å². The fourth-order valence-electron chi connectivity index (χ4n) is 2.85. The van der Waals surface area contributed by atoms with Crippen LogP contribution in [0, 0.1) is 0 Å². The maximum atomic E-state index is 12.5. The van der Waals surface area contributed by atoms with Crippen molar-refractivity contribution in [3.63, 3.8) is 0 Å². The van der Waals surface area contributed by atoms with E-state index in [4.69, 9.17) is 0 Å². The van der Waals surface area contributed by atoms with E-state index in [1.165, 1.54) is 0 Å². The highest BCUT2D eigenvalue weighted by Crippen LogP contribution is 2.39. The van der Waals surface area contributed by atoms with E-state index >= 15 is 0 Å². The molecule has 2 heterocycles. The molecule has 0 aromatic rings. The van der Waals surface area contributed by atoms with E-state index in [-0.39, 0.29) is 23.1 Å². The molecule has 1 N–H and O–H groups in total. The van der Waals surface area contributed by atoms with Gasteiger partial charge in [-0.05, 0) is 17.9 Å². The Morgan fingerprint density at radius 2 is 2.00 bits per heavy atom. The van der Waals surface area contributed by atoms with Crippen molar-refractivity contribution >= 4 is 14.0 Å². The fourth-order valence-corrected chi connectivity index (χ4v) is 4.40. The van der Waals surface area contributed by atoms with Gasteiger partial charge >= 0.3 is 0 Å². The first kappa shape index (κ1) is 14.8. The Balaban J connectivity index is 2.28. The van der Waals surface area contributed by atoms with Gasteiger partial charge in [0.05, 0.1) is 20.2 Å². The first-order valence-electron chi connectivity index (χ1n) is 7.34. The summed E-state index contributed by atoms with van der Waals surface area (Å²) >= 11 is 0. The molecule has 19 heavy (non-hydrogen) atoms. The van der Waals surface area contributed by atoms with Crippen molar-refractivity contribution in [3.8, 4) is 0 Å².